The van der Waals surface area contributed by atoms with Gasteiger partial charge in [0, 0.05) is 22.8 Å². The molecule has 5 aromatic rings. The second-order valence-electron chi connectivity index (χ2n) is 6.53. The summed E-state index contributed by atoms with van der Waals surface area (Å²) >= 11 is 9.58. The summed E-state index contributed by atoms with van der Waals surface area (Å²) in [5.74, 6) is 2.18. The minimum Gasteiger partial charge on any atom is -0.419 e. The topological polar surface area (TPSA) is 82.5 Å². The summed E-state index contributed by atoms with van der Waals surface area (Å²) in [5, 5.41) is 18.4. The van der Waals surface area contributed by atoms with E-state index in [-0.39, 0.29) is 0 Å². The van der Waals surface area contributed by atoms with Crippen LogP contribution in [0, 0.1) is 6.92 Å². The molecule has 0 N–H and O–H groups in total. The van der Waals surface area contributed by atoms with Crippen molar-refractivity contribution >= 4 is 34.7 Å². The highest BCUT2D eigenvalue weighted by atomic mass is 35.5. The molecule has 0 aliphatic heterocycles. The fourth-order valence-corrected chi connectivity index (χ4v) is 4.78. The average molecular weight is 467 g/mol. The summed E-state index contributed by atoms with van der Waals surface area (Å²) in [6, 6.07) is 15.4. The second kappa shape index (κ2) is 8.62. The van der Waals surface area contributed by atoms with Crippen LogP contribution < -0.4 is 0 Å². The van der Waals surface area contributed by atoms with Crippen molar-refractivity contribution in [3.8, 4) is 27.8 Å². The van der Waals surface area contributed by atoms with E-state index in [4.69, 9.17) is 16.0 Å². The molecule has 0 bridgehead atoms. The molecule has 0 spiro atoms. The first-order chi connectivity index (χ1) is 15.2. The van der Waals surface area contributed by atoms with Gasteiger partial charge in [0.25, 0.3) is 5.89 Å². The number of pyridine rings is 1. The molecule has 31 heavy (non-hydrogen) atoms. The maximum Gasteiger partial charge on any atom is 0.257 e. The van der Waals surface area contributed by atoms with E-state index in [0.29, 0.717) is 33.5 Å². The third-order valence-corrected chi connectivity index (χ3v) is 6.63. The van der Waals surface area contributed by atoms with E-state index in [1.54, 1.807) is 23.7 Å². The molecule has 0 saturated carbocycles. The molecule has 0 amide bonds. The van der Waals surface area contributed by atoms with Gasteiger partial charge < -0.3 is 4.42 Å². The van der Waals surface area contributed by atoms with Gasteiger partial charge in [-0.05, 0) is 43.3 Å². The summed E-state index contributed by atoms with van der Waals surface area (Å²) < 4.78 is 7.77. The largest absolute Gasteiger partial charge is 0.419 e. The Kier molecular flexibility index (Phi) is 5.54. The van der Waals surface area contributed by atoms with Crippen LogP contribution in [0.1, 0.15) is 10.8 Å². The molecule has 0 radical (unpaired) electrons. The molecule has 1 aromatic carbocycles. The van der Waals surface area contributed by atoms with Gasteiger partial charge >= 0.3 is 0 Å². The van der Waals surface area contributed by atoms with Crippen molar-refractivity contribution in [2.75, 3.05) is 0 Å². The molecular weight excluding hydrogens is 452 g/mol. The van der Waals surface area contributed by atoms with Gasteiger partial charge in [-0.2, -0.15) is 0 Å². The molecule has 154 valence electrons. The fraction of sp³-hybridized carbons (Fsp3) is 0.0952. The van der Waals surface area contributed by atoms with Crippen molar-refractivity contribution < 1.29 is 4.42 Å². The molecule has 0 aliphatic carbocycles. The van der Waals surface area contributed by atoms with Crippen LogP contribution in [0.4, 0.5) is 0 Å². The molecule has 10 heteroatoms. The zero-order valence-corrected chi connectivity index (χ0v) is 18.7. The van der Waals surface area contributed by atoms with Gasteiger partial charge in [-0.3, -0.25) is 9.55 Å². The molecule has 0 saturated heterocycles. The lowest BCUT2D eigenvalue weighted by molar-refractivity contribution is 0.529. The van der Waals surface area contributed by atoms with E-state index in [1.807, 2.05) is 60.0 Å². The Morgan fingerprint density at radius 3 is 2.61 bits per heavy atom. The van der Waals surface area contributed by atoms with Crippen LogP contribution >= 0.6 is 34.7 Å². The van der Waals surface area contributed by atoms with Crippen molar-refractivity contribution in [3.05, 3.63) is 76.7 Å². The number of hydrogen-bond acceptors (Lipinski definition) is 8. The van der Waals surface area contributed by atoms with Gasteiger partial charge in [0.15, 0.2) is 11.0 Å². The van der Waals surface area contributed by atoms with Gasteiger partial charge in [0.05, 0.1) is 21.3 Å². The number of para-hydroxylation sites is 1. The normalized spacial score (nSPS) is 11.2. The minimum absolute atomic E-state index is 0.455. The minimum atomic E-state index is 0.455. The molecular formula is C21H15ClN6OS2. The number of nitrogens with zero attached hydrogens (tertiary/aromatic N) is 6. The third-order valence-electron chi connectivity index (χ3n) is 4.41. The summed E-state index contributed by atoms with van der Waals surface area (Å²) in [6.45, 7) is 2.04. The summed E-state index contributed by atoms with van der Waals surface area (Å²) in [4.78, 5) is 6.24. The first-order valence-electron chi connectivity index (χ1n) is 9.32. The van der Waals surface area contributed by atoms with Gasteiger partial charge in [-0.1, -0.05) is 35.5 Å². The predicted octanol–water partition coefficient (Wildman–Crippen LogP) is 5.69. The zero-order valence-electron chi connectivity index (χ0n) is 16.3. The highest BCUT2D eigenvalue weighted by Crippen LogP contribution is 2.33. The molecule has 0 unspecified atom stereocenters. The number of halogens is 1. The average Bonchev–Trinajstić information content (AvgIpc) is 3.53. The Morgan fingerprint density at radius 2 is 1.84 bits per heavy atom. The lowest BCUT2D eigenvalue weighted by Gasteiger charge is -2.11. The maximum atomic E-state index is 6.50. The van der Waals surface area contributed by atoms with Gasteiger partial charge in [0.1, 0.15) is 0 Å². The van der Waals surface area contributed by atoms with E-state index < -0.39 is 0 Å². The van der Waals surface area contributed by atoms with Crippen LogP contribution in [0.5, 0.6) is 0 Å². The van der Waals surface area contributed by atoms with E-state index in [1.165, 1.54) is 16.6 Å². The van der Waals surface area contributed by atoms with Crippen molar-refractivity contribution in [1.82, 2.24) is 29.9 Å². The highest BCUT2D eigenvalue weighted by molar-refractivity contribution is 7.98. The first kappa shape index (κ1) is 19.9. The van der Waals surface area contributed by atoms with E-state index in [9.17, 15) is 0 Å². The summed E-state index contributed by atoms with van der Waals surface area (Å²) in [6.07, 6.45) is 3.44. The van der Waals surface area contributed by atoms with Crippen LogP contribution in [0.25, 0.3) is 27.8 Å². The van der Waals surface area contributed by atoms with Crippen LogP contribution in [0.2, 0.25) is 5.02 Å². The second-order valence-corrected chi connectivity index (χ2v) is 9.17. The third kappa shape index (κ3) is 4.12. The van der Waals surface area contributed by atoms with Crippen LogP contribution in [0.3, 0.4) is 0 Å². The van der Waals surface area contributed by atoms with Crippen molar-refractivity contribution in [3.63, 3.8) is 0 Å². The zero-order chi connectivity index (χ0) is 21.2. The number of benzene rings is 1. The number of aryl methyl sites for hydroxylation is 1. The quantitative estimate of drug-likeness (QED) is 0.297. The molecule has 4 aromatic heterocycles. The molecule has 4 heterocycles. The number of thioether (sulfide) groups is 1. The standard InChI is InChI=1S/C21H15ClN6OS2/c1-13-6-7-17(31-13)20-26-24-18(29-20)12-30-21-27-25-19(14-8-10-23-11-9-14)28(21)16-5-3-2-4-15(16)22/h2-11H,12H2,1H3. The molecule has 7 nitrogen and oxygen atoms in total. The van der Waals surface area contributed by atoms with Crippen molar-refractivity contribution in [2.24, 2.45) is 0 Å². The molecule has 5 rings (SSSR count). The lowest BCUT2D eigenvalue weighted by atomic mass is 10.2. The molecule has 0 atom stereocenters. The maximum absolute atomic E-state index is 6.50. The number of hydrogen-bond donors (Lipinski definition) is 0. The van der Waals surface area contributed by atoms with Gasteiger partial charge in [-0.15, -0.1) is 31.7 Å². The fourth-order valence-electron chi connectivity index (χ4n) is 2.99. The van der Waals surface area contributed by atoms with E-state index >= 15 is 0 Å². The van der Waals surface area contributed by atoms with Crippen LogP contribution in [-0.4, -0.2) is 29.9 Å². The Bertz CT molecular complexity index is 1330. The van der Waals surface area contributed by atoms with Gasteiger partial charge in [0.2, 0.25) is 5.89 Å². The lowest BCUT2D eigenvalue weighted by Crippen LogP contribution is -2.00. The Balaban J connectivity index is 1.47. The number of thiophene rings is 1. The smallest absolute Gasteiger partial charge is 0.257 e. The molecule has 0 fully saturated rings. The van der Waals surface area contributed by atoms with E-state index in [0.717, 1.165) is 16.1 Å². The first-order valence-corrected chi connectivity index (χ1v) is 11.5. The predicted molar refractivity (Wildman–Crippen MR) is 122 cm³/mol. The monoisotopic (exact) mass is 466 g/mol. The van der Waals surface area contributed by atoms with Crippen molar-refractivity contribution in [2.45, 2.75) is 17.8 Å². The number of rotatable bonds is 6. The molecule has 0 aliphatic rings. The van der Waals surface area contributed by atoms with E-state index in [2.05, 4.69) is 25.4 Å². The SMILES string of the molecule is Cc1ccc(-c2nnc(CSc3nnc(-c4ccncc4)n3-c3ccccc3Cl)o2)s1. The summed E-state index contributed by atoms with van der Waals surface area (Å²) in [5.41, 5.74) is 1.69. The van der Waals surface area contributed by atoms with Crippen molar-refractivity contribution in [1.29, 1.82) is 0 Å². The number of aromatic nitrogens is 6. The highest BCUT2D eigenvalue weighted by Gasteiger charge is 2.19. The van der Waals surface area contributed by atoms with Crippen LogP contribution in [-0.2, 0) is 5.75 Å². The van der Waals surface area contributed by atoms with Crippen LogP contribution in [0.15, 0.2) is 70.5 Å². The Labute approximate surface area is 191 Å². The Morgan fingerprint density at radius 1 is 1.00 bits per heavy atom. The summed E-state index contributed by atoms with van der Waals surface area (Å²) in [7, 11) is 0. The Hall–Kier alpha value is -3.01. The van der Waals surface area contributed by atoms with Gasteiger partial charge in [-0.25, -0.2) is 0 Å².